The monoisotopic (exact) mass is 478 g/mol. The lowest BCUT2D eigenvalue weighted by Gasteiger charge is -2.36. The number of aromatic nitrogens is 2. The van der Waals surface area contributed by atoms with Crippen molar-refractivity contribution < 1.29 is 18.0 Å². The fraction of sp³-hybridized carbons (Fsp3) is 0.192. The van der Waals surface area contributed by atoms with Crippen molar-refractivity contribution in [2.45, 2.75) is 6.42 Å². The number of para-hydroxylation sites is 1. The molecule has 0 unspecified atom stereocenters. The summed E-state index contributed by atoms with van der Waals surface area (Å²) in [6.07, 6.45) is 0.0931. The van der Waals surface area contributed by atoms with Crippen LogP contribution in [-0.2, 0) is 6.42 Å². The molecule has 6 nitrogen and oxygen atoms in total. The number of anilines is 1. The first-order valence-electron chi connectivity index (χ1n) is 11.2. The highest BCUT2D eigenvalue weighted by molar-refractivity contribution is 5.95. The van der Waals surface area contributed by atoms with Crippen LogP contribution in [0.4, 0.5) is 18.9 Å². The Balaban J connectivity index is 1.38. The maximum absolute atomic E-state index is 14.7. The Labute approximate surface area is 198 Å². The van der Waals surface area contributed by atoms with Crippen molar-refractivity contribution in [3.8, 4) is 0 Å². The zero-order chi connectivity index (χ0) is 24.5. The van der Waals surface area contributed by atoms with Crippen LogP contribution in [0, 0.1) is 17.5 Å². The summed E-state index contributed by atoms with van der Waals surface area (Å²) in [5.41, 5.74) is 0.553. The van der Waals surface area contributed by atoms with Crippen LogP contribution in [0.5, 0.6) is 0 Å². The van der Waals surface area contributed by atoms with E-state index in [1.54, 1.807) is 42.5 Å². The van der Waals surface area contributed by atoms with Crippen molar-refractivity contribution >= 4 is 22.4 Å². The van der Waals surface area contributed by atoms with Gasteiger partial charge in [0.15, 0.2) is 11.6 Å². The zero-order valence-corrected chi connectivity index (χ0v) is 18.6. The summed E-state index contributed by atoms with van der Waals surface area (Å²) < 4.78 is 43.3. The van der Waals surface area contributed by atoms with Crippen LogP contribution < -0.4 is 10.5 Å². The number of piperazine rings is 1. The maximum Gasteiger partial charge on any atom is 0.272 e. The Morgan fingerprint density at radius 1 is 0.886 bits per heavy atom. The summed E-state index contributed by atoms with van der Waals surface area (Å²) in [7, 11) is 0. The Bertz CT molecular complexity index is 1480. The number of fused-ring (bicyclic) bond motifs is 1. The van der Waals surface area contributed by atoms with Gasteiger partial charge in [0.25, 0.3) is 11.5 Å². The van der Waals surface area contributed by atoms with Gasteiger partial charge in [-0.25, -0.2) is 18.3 Å². The molecule has 4 aromatic rings. The molecule has 0 saturated carbocycles. The second kappa shape index (κ2) is 9.25. The molecule has 0 radical (unpaired) electrons. The second-order valence-electron chi connectivity index (χ2n) is 8.39. The highest BCUT2D eigenvalue weighted by Gasteiger charge is 2.27. The highest BCUT2D eigenvalue weighted by atomic mass is 19.2. The average molecular weight is 478 g/mol. The summed E-state index contributed by atoms with van der Waals surface area (Å²) >= 11 is 0. The van der Waals surface area contributed by atoms with E-state index in [4.69, 9.17) is 0 Å². The molecular weight excluding hydrogens is 457 g/mol. The van der Waals surface area contributed by atoms with Gasteiger partial charge in [-0.2, -0.15) is 5.10 Å². The minimum absolute atomic E-state index is 0.0931. The lowest BCUT2D eigenvalue weighted by Crippen LogP contribution is -2.49. The van der Waals surface area contributed by atoms with Crippen molar-refractivity contribution in [2.24, 2.45) is 0 Å². The largest absolute Gasteiger partial charge is 0.366 e. The molecule has 0 aliphatic carbocycles. The predicted octanol–water partition coefficient (Wildman–Crippen LogP) is 3.89. The maximum atomic E-state index is 14.7. The summed E-state index contributed by atoms with van der Waals surface area (Å²) in [5.74, 6) is -3.33. The molecule has 1 aromatic heterocycles. The Morgan fingerprint density at radius 3 is 2.31 bits per heavy atom. The first kappa shape index (κ1) is 22.6. The van der Waals surface area contributed by atoms with Crippen LogP contribution >= 0.6 is 0 Å². The lowest BCUT2D eigenvalue weighted by atomic mass is 10.0. The van der Waals surface area contributed by atoms with Gasteiger partial charge in [-0.1, -0.05) is 30.3 Å². The number of rotatable bonds is 4. The minimum Gasteiger partial charge on any atom is -0.366 e. The van der Waals surface area contributed by atoms with E-state index in [-0.39, 0.29) is 36.5 Å². The van der Waals surface area contributed by atoms with E-state index in [1.807, 2.05) is 4.90 Å². The first-order chi connectivity index (χ1) is 16.9. The van der Waals surface area contributed by atoms with Crippen LogP contribution in [0.2, 0.25) is 0 Å². The number of nitrogens with zero attached hydrogens (tertiary/aromatic N) is 3. The van der Waals surface area contributed by atoms with E-state index in [9.17, 15) is 22.8 Å². The molecule has 1 aliphatic rings. The molecule has 1 fully saturated rings. The molecule has 3 aromatic carbocycles. The normalized spacial score (nSPS) is 13.9. The lowest BCUT2D eigenvalue weighted by molar-refractivity contribution is 0.0740. The Hall–Kier alpha value is -4.14. The van der Waals surface area contributed by atoms with Crippen molar-refractivity contribution in [3.63, 3.8) is 0 Å². The molecular formula is C26H21F3N4O2. The molecule has 0 spiro atoms. The topological polar surface area (TPSA) is 69.3 Å². The molecule has 1 amide bonds. The van der Waals surface area contributed by atoms with Crippen LogP contribution in [0.15, 0.2) is 65.5 Å². The molecule has 1 saturated heterocycles. The van der Waals surface area contributed by atoms with Gasteiger partial charge in [0.05, 0.1) is 22.3 Å². The molecule has 1 N–H and O–H groups in total. The highest BCUT2D eigenvalue weighted by Crippen LogP contribution is 2.24. The third-order valence-corrected chi connectivity index (χ3v) is 6.23. The summed E-state index contributed by atoms with van der Waals surface area (Å²) in [6, 6.07) is 15.6. The van der Waals surface area contributed by atoms with Gasteiger partial charge >= 0.3 is 0 Å². The summed E-state index contributed by atoms with van der Waals surface area (Å²) in [4.78, 5) is 28.4. The number of aromatic amines is 1. The van der Waals surface area contributed by atoms with Crippen molar-refractivity contribution in [2.75, 3.05) is 31.1 Å². The number of H-pyrrole nitrogens is 1. The van der Waals surface area contributed by atoms with Gasteiger partial charge in [0, 0.05) is 38.0 Å². The van der Waals surface area contributed by atoms with E-state index in [1.165, 1.54) is 17.0 Å². The second-order valence-corrected chi connectivity index (χ2v) is 8.39. The van der Waals surface area contributed by atoms with Crippen LogP contribution in [0.25, 0.3) is 10.8 Å². The van der Waals surface area contributed by atoms with Gasteiger partial charge in [0.2, 0.25) is 0 Å². The number of hydrogen-bond donors (Lipinski definition) is 1. The number of amides is 1. The van der Waals surface area contributed by atoms with Crippen molar-refractivity contribution in [3.05, 3.63) is 105 Å². The Kier molecular flexibility index (Phi) is 5.98. The third-order valence-electron chi connectivity index (χ3n) is 6.23. The third kappa shape index (κ3) is 4.37. The molecule has 2 heterocycles. The van der Waals surface area contributed by atoms with Gasteiger partial charge in [-0.05, 0) is 35.9 Å². The van der Waals surface area contributed by atoms with Crippen LogP contribution in [-0.4, -0.2) is 47.2 Å². The summed E-state index contributed by atoms with van der Waals surface area (Å²) in [6.45, 7) is 1.21. The number of carbonyl (C=O) groups is 1. The Morgan fingerprint density at radius 2 is 1.57 bits per heavy atom. The molecule has 35 heavy (non-hydrogen) atoms. The molecule has 1 aliphatic heterocycles. The SMILES string of the molecule is O=C(c1cc(Cc2n[nH]c(=O)c3ccccc23)cc(F)c1F)N1CCN(c2ccccc2F)CC1. The number of hydrogen-bond acceptors (Lipinski definition) is 4. The molecule has 9 heteroatoms. The van der Waals surface area contributed by atoms with Gasteiger partial charge in [-0.15, -0.1) is 0 Å². The fourth-order valence-corrected chi connectivity index (χ4v) is 4.43. The fourth-order valence-electron chi connectivity index (χ4n) is 4.43. The number of halogens is 3. The number of carbonyl (C=O) groups excluding carboxylic acids is 1. The van der Waals surface area contributed by atoms with Crippen molar-refractivity contribution in [1.82, 2.24) is 15.1 Å². The van der Waals surface area contributed by atoms with Gasteiger partial charge in [-0.3, -0.25) is 9.59 Å². The predicted molar refractivity (Wildman–Crippen MR) is 126 cm³/mol. The van der Waals surface area contributed by atoms with E-state index < -0.39 is 17.5 Å². The molecule has 0 atom stereocenters. The van der Waals surface area contributed by atoms with E-state index in [0.717, 1.165) is 6.07 Å². The summed E-state index contributed by atoms with van der Waals surface area (Å²) in [5, 5.41) is 7.53. The minimum atomic E-state index is -1.21. The number of nitrogens with one attached hydrogen (secondary N) is 1. The smallest absolute Gasteiger partial charge is 0.272 e. The average Bonchev–Trinajstić information content (AvgIpc) is 2.88. The molecule has 0 bridgehead atoms. The van der Waals surface area contributed by atoms with E-state index >= 15 is 0 Å². The molecule has 178 valence electrons. The first-order valence-corrected chi connectivity index (χ1v) is 11.2. The quantitative estimate of drug-likeness (QED) is 0.483. The van der Waals surface area contributed by atoms with E-state index in [2.05, 4.69) is 10.2 Å². The zero-order valence-electron chi connectivity index (χ0n) is 18.6. The van der Waals surface area contributed by atoms with Gasteiger partial charge < -0.3 is 9.80 Å². The number of benzene rings is 3. The standard InChI is InChI=1S/C26H21F3N4O2/c27-20-7-3-4-8-23(20)32-9-11-33(12-10-32)26(35)19-13-16(14-21(28)24(19)29)15-22-17-5-1-2-6-18(17)25(34)31-30-22/h1-8,13-14H,9-12,15H2,(H,31,34). The van der Waals surface area contributed by atoms with Crippen molar-refractivity contribution in [1.29, 1.82) is 0 Å². The molecule has 5 rings (SSSR count). The van der Waals surface area contributed by atoms with E-state index in [0.29, 0.717) is 40.8 Å². The van der Waals surface area contributed by atoms with Gasteiger partial charge in [0.1, 0.15) is 5.82 Å². The van der Waals surface area contributed by atoms with Crippen LogP contribution in [0.3, 0.4) is 0 Å². The van der Waals surface area contributed by atoms with Crippen LogP contribution in [0.1, 0.15) is 21.6 Å².